The minimum Gasteiger partial charge on any atom is -0.505 e. The van der Waals surface area contributed by atoms with Crippen LogP contribution in [0.15, 0.2) is 6.07 Å². The van der Waals surface area contributed by atoms with Crippen LogP contribution in [0.2, 0.25) is 0 Å². The number of carboxylic acid groups (broad SMARTS) is 1. The minimum atomic E-state index is -1.43. The molecule has 2 rings (SSSR count). The fraction of sp³-hybridized carbons (Fsp3) is 0.533. The van der Waals surface area contributed by atoms with Crippen LogP contribution in [0, 0.1) is 17.6 Å². The lowest BCUT2D eigenvalue weighted by molar-refractivity contribution is -0.153. The van der Waals surface area contributed by atoms with Crippen LogP contribution in [0.25, 0.3) is 0 Å². The number of carboxylic acids is 1. The van der Waals surface area contributed by atoms with Crippen LogP contribution in [0.1, 0.15) is 32.3 Å². The second kappa shape index (κ2) is 5.39. The molecular weight excluding hydrogens is 298 g/mol. The summed E-state index contributed by atoms with van der Waals surface area (Å²) in [5.41, 5.74) is -0.705. The van der Waals surface area contributed by atoms with Gasteiger partial charge in [0.25, 0.3) is 0 Å². The fourth-order valence-corrected chi connectivity index (χ4v) is 2.91. The number of hydrogen-bond donors (Lipinski definition) is 2. The monoisotopic (exact) mass is 316 g/mol. The molecule has 0 radical (unpaired) electrons. The summed E-state index contributed by atoms with van der Waals surface area (Å²) in [6, 6.07) is 0.999. The Morgan fingerprint density at radius 2 is 1.95 bits per heavy atom. The fourth-order valence-electron chi connectivity index (χ4n) is 2.91. The van der Waals surface area contributed by atoms with Crippen molar-refractivity contribution < 1.29 is 33.3 Å². The third-order valence-electron chi connectivity index (χ3n) is 4.37. The zero-order valence-electron chi connectivity index (χ0n) is 12.7. The number of hydrogen-bond acceptors (Lipinski definition) is 4. The lowest BCUT2D eigenvalue weighted by atomic mass is 9.78. The predicted molar refractivity (Wildman–Crippen MR) is 73.1 cm³/mol. The van der Waals surface area contributed by atoms with Gasteiger partial charge in [-0.15, -0.1) is 0 Å². The molecule has 0 aliphatic carbocycles. The van der Waals surface area contributed by atoms with Crippen LogP contribution in [-0.2, 0) is 9.53 Å². The molecular formula is C15H18F2O5. The van der Waals surface area contributed by atoms with Gasteiger partial charge in [0.15, 0.2) is 17.6 Å². The largest absolute Gasteiger partial charge is 0.505 e. The molecule has 3 atom stereocenters. The molecule has 0 saturated carbocycles. The van der Waals surface area contributed by atoms with Crippen molar-refractivity contribution in [2.45, 2.75) is 38.4 Å². The molecule has 1 aromatic carbocycles. The Balaban J connectivity index is 2.65. The predicted octanol–water partition coefficient (Wildman–Crippen LogP) is 2.66. The van der Waals surface area contributed by atoms with Crippen molar-refractivity contribution in [1.29, 1.82) is 0 Å². The number of benzene rings is 1. The van der Waals surface area contributed by atoms with Crippen LogP contribution in [0.4, 0.5) is 8.78 Å². The molecule has 22 heavy (non-hydrogen) atoms. The van der Waals surface area contributed by atoms with E-state index in [2.05, 4.69) is 0 Å². The molecule has 0 amide bonds. The highest BCUT2D eigenvalue weighted by atomic mass is 19.2. The molecule has 1 aromatic rings. The number of aliphatic carboxylic acids is 1. The molecule has 1 fully saturated rings. The highest BCUT2D eigenvalue weighted by molar-refractivity contribution is 5.75. The number of halogens is 2. The van der Waals surface area contributed by atoms with E-state index in [9.17, 15) is 23.8 Å². The molecule has 122 valence electrons. The van der Waals surface area contributed by atoms with Gasteiger partial charge in [0.05, 0.1) is 12.7 Å². The van der Waals surface area contributed by atoms with Crippen LogP contribution >= 0.6 is 0 Å². The summed E-state index contributed by atoms with van der Waals surface area (Å²) in [6.07, 6.45) is -1.25. The van der Waals surface area contributed by atoms with Crippen LogP contribution in [0.3, 0.4) is 0 Å². The summed E-state index contributed by atoms with van der Waals surface area (Å²) in [5, 5.41) is 18.9. The number of methoxy groups -OCH3 is 1. The first-order valence-corrected chi connectivity index (χ1v) is 6.77. The van der Waals surface area contributed by atoms with Gasteiger partial charge in [-0.1, -0.05) is 6.92 Å². The molecule has 1 heterocycles. The Morgan fingerprint density at radius 1 is 1.36 bits per heavy atom. The van der Waals surface area contributed by atoms with E-state index in [1.165, 1.54) is 0 Å². The molecule has 0 bridgehead atoms. The van der Waals surface area contributed by atoms with Crippen LogP contribution in [-0.4, -0.2) is 35.0 Å². The number of aromatic hydroxyl groups is 1. The zero-order chi connectivity index (χ0) is 16.8. The number of phenolic OH excluding ortho intramolecular Hbond substituents is 1. The highest BCUT2D eigenvalue weighted by Gasteiger charge is 2.52. The van der Waals surface area contributed by atoms with Gasteiger partial charge in [-0.2, -0.15) is 8.78 Å². The maximum atomic E-state index is 14.0. The summed E-state index contributed by atoms with van der Waals surface area (Å²) in [6.45, 7) is 5.20. The van der Waals surface area contributed by atoms with Gasteiger partial charge < -0.3 is 19.7 Å². The van der Waals surface area contributed by atoms with Crippen molar-refractivity contribution in [2.24, 2.45) is 5.92 Å². The summed E-state index contributed by atoms with van der Waals surface area (Å²) >= 11 is 0. The molecule has 1 aliphatic rings. The minimum absolute atomic E-state index is 0.0735. The van der Waals surface area contributed by atoms with Gasteiger partial charge in [0.1, 0.15) is 0 Å². The molecule has 0 aromatic heterocycles. The second-order valence-corrected chi connectivity index (χ2v) is 5.94. The molecule has 2 N–H and O–H groups in total. The van der Waals surface area contributed by atoms with E-state index in [1.54, 1.807) is 20.8 Å². The zero-order valence-corrected chi connectivity index (χ0v) is 12.7. The van der Waals surface area contributed by atoms with Gasteiger partial charge in [0.2, 0.25) is 11.6 Å². The number of carbonyl (C=O) groups is 1. The van der Waals surface area contributed by atoms with Crippen molar-refractivity contribution in [3.05, 3.63) is 23.3 Å². The number of phenols is 1. The molecule has 5 nitrogen and oxygen atoms in total. The van der Waals surface area contributed by atoms with E-state index in [1.807, 2.05) is 0 Å². The first-order valence-electron chi connectivity index (χ1n) is 6.77. The Morgan fingerprint density at radius 3 is 2.45 bits per heavy atom. The maximum Gasteiger partial charge on any atom is 0.333 e. The SMILES string of the molecule is COc1c([C@H]2[C@H](C(=O)O)OC(C)(C)[C@H]2C)cc(O)c(F)c1F. The first-order chi connectivity index (χ1) is 10.1. The average molecular weight is 316 g/mol. The third kappa shape index (κ3) is 2.39. The first kappa shape index (κ1) is 16.5. The average Bonchev–Trinajstić information content (AvgIpc) is 2.67. The summed E-state index contributed by atoms with van der Waals surface area (Å²) < 4.78 is 37.9. The van der Waals surface area contributed by atoms with Crippen molar-refractivity contribution in [2.75, 3.05) is 7.11 Å². The van der Waals surface area contributed by atoms with Gasteiger partial charge >= 0.3 is 5.97 Å². The number of rotatable bonds is 3. The third-order valence-corrected chi connectivity index (χ3v) is 4.37. The topological polar surface area (TPSA) is 76.0 Å². The van der Waals surface area contributed by atoms with Crippen molar-refractivity contribution in [1.82, 2.24) is 0 Å². The summed E-state index contributed by atoms with van der Waals surface area (Å²) in [4.78, 5) is 11.5. The molecule has 0 unspecified atom stereocenters. The Hall–Kier alpha value is -1.89. The van der Waals surface area contributed by atoms with E-state index in [0.29, 0.717) is 0 Å². The Kier molecular flexibility index (Phi) is 4.04. The quantitative estimate of drug-likeness (QED) is 0.896. The van der Waals surface area contributed by atoms with Gasteiger partial charge in [0, 0.05) is 11.5 Å². The Bertz CT molecular complexity index is 614. The summed E-state index contributed by atoms with van der Waals surface area (Å²) in [7, 11) is 1.15. The molecule has 0 spiro atoms. The van der Waals surface area contributed by atoms with E-state index >= 15 is 0 Å². The van der Waals surface area contributed by atoms with E-state index in [-0.39, 0.29) is 11.5 Å². The lowest BCUT2D eigenvalue weighted by Gasteiger charge is -2.25. The van der Waals surface area contributed by atoms with Gasteiger partial charge in [-0.25, -0.2) is 4.79 Å². The van der Waals surface area contributed by atoms with Crippen LogP contribution < -0.4 is 4.74 Å². The molecule has 1 aliphatic heterocycles. The summed E-state index contributed by atoms with van der Waals surface area (Å²) in [5.74, 6) is -6.42. The van der Waals surface area contributed by atoms with Crippen LogP contribution in [0.5, 0.6) is 11.5 Å². The van der Waals surface area contributed by atoms with E-state index < -0.39 is 46.7 Å². The molecule has 7 heteroatoms. The van der Waals surface area contributed by atoms with Crippen molar-refractivity contribution in [3.63, 3.8) is 0 Å². The smallest absolute Gasteiger partial charge is 0.333 e. The van der Waals surface area contributed by atoms with Crippen molar-refractivity contribution in [3.8, 4) is 11.5 Å². The van der Waals surface area contributed by atoms with Crippen molar-refractivity contribution >= 4 is 5.97 Å². The Labute approximate surface area is 126 Å². The highest BCUT2D eigenvalue weighted by Crippen LogP contribution is 2.50. The van der Waals surface area contributed by atoms with E-state index in [4.69, 9.17) is 9.47 Å². The number of ether oxygens (including phenoxy) is 2. The van der Waals surface area contributed by atoms with Gasteiger partial charge in [-0.3, -0.25) is 0 Å². The second-order valence-electron chi connectivity index (χ2n) is 5.94. The normalized spacial score (nSPS) is 26.9. The van der Waals surface area contributed by atoms with Gasteiger partial charge in [-0.05, 0) is 25.8 Å². The lowest BCUT2D eigenvalue weighted by Crippen LogP contribution is -2.27. The molecule has 1 saturated heterocycles. The van der Waals surface area contributed by atoms with E-state index in [0.717, 1.165) is 13.2 Å². The standard InChI is InChI=1S/C15H18F2O5/c1-6-9(13(14(19)20)22-15(6,2)3)7-5-8(18)10(16)11(17)12(7)21-4/h5-6,9,13,18H,1-4H3,(H,19,20)/t6-,9-,13+/m0/s1. The maximum absolute atomic E-state index is 14.0.